The van der Waals surface area contributed by atoms with E-state index in [1.807, 2.05) is 0 Å². The molecule has 1 aliphatic carbocycles. The minimum atomic E-state index is -4.84. The van der Waals surface area contributed by atoms with Gasteiger partial charge in [-0.1, -0.05) is 86.1 Å². The molecule has 0 radical (unpaired) electrons. The zero-order valence-corrected chi connectivity index (χ0v) is 33.8. The lowest BCUT2D eigenvalue weighted by Gasteiger charge is -2.37. The Morgan fingerprint density at radius 1 is 1.02 bits per heavy atom. The third-order valence-electron chi connectivity index (χ3n) is 10.3. The van der Waals surface area contributed by atoms with Gasteiger partial charge in [0, 0.05) is 22.7 Å². The van der Waals surface area contributed by atoms with E-state index >= 15 is 4.79 Å². The van der Waals surface area contributed by atoms with Crippen molar-refractivity contribution in [2.24, 2.45) is 10.4 Å². The highest BCUT2D eigenvalue weighted by Crippen LogP contribution is 2.49. The molecule has 1 saturated heterocycles. The van der Waals surface area contributed by atoms with Crippen LogP contribution in [0.2, 0.25) is 5.02 Å². The van der Waals surface area contributed by atoms with Crippen LogP contribution in [0.3, 0.4) is 0 Å². The van der Waals surface area contributed by atoms with E-state index in [1.165, 1.54) is 30.3 Å². The molecule has 5 aromatic rings. The molecular formula is C40H36Cl2F5N9O5. The molecule has 21 heteroatoms. The SMILES string of the molecule is CC(C)(C[C@]1(c2ccc(-c3cnn(C4CC4)n3)cc2)NC(=NCC(=O)OCc2ccccc2)N([C@H](COC(=O)Cl)c2ccc(Cl)c(-c3ncnn3C(F)F)c2)C1=O)C(F)(F)F. The number of amides is 1. The summed E-state index contributed by atoms with van der Waals surface area (Å²) in [5, 5.41) is 15.3. The number of carbonyl (C=O) groups excluding carboxylic acids is 3. The van der Waals surface area contributed by atoms with E-state index in [-0.39, 0.29) is 40.2 Å². The lowest BCUT2D eigenvalue weighted by Crippen LogP contribution is -2.50. The first-order valence-electron chi connectivity index (χ1n) is 18.7. The van der Waals surface area contributed by atoms with Crippen molar-refractivity contribution >= 4 is 46.5 Å². The zero-order valence-electron chi connectivity index (χ0n) is 32.3. The molecule has 320 valence electrons. The summed E-state index contributed by atoms with van der Waals surface area (Å²) in [4.78, 5) is 51.4. The molecule has 14 nitrogen and oxygen atoms in total. The zero-order chi connectivity index (χ0) is 43.7. The lowest BCUT2D eigenvalue weighted by molar-refractivity contribution is -0.218. The number of aliphatic imine (C=N–C) groups is 1. The molecule has 2 fully saturated rings. The van der Waals surface area contributed by atoms with Gasteiger partial charge in [0.1, 0.15) is 37.3 Å². The summed E-state index contributed by atoms with van der Waals surface area (Å²) >= 11 is 12.1. The molecule has 7 rings (SSSR count). The Balaban J connectivity index is 1.35. The fraction of sp³-hybridized carbons (Fsp3) is 0.350. The Bertz CT molecular complexity index is 2440. The number of guanidine groups is 1. The van der Waals surface area contributed by atoms with Crippen LogP contribution in [-0.2, 0) is 31.2 Å². The van der Waals surface area contributed by atoms with Gasteiger partial charge in [0.05, 0.1) is 28.7 Å². The minimum Gasteiger partial charge on any atom is -0.459 e. The Morgan fingerprint density at radius 3 is 2.39 bits per heavy atom. The van der Waals surface area contributed by atoms with Crippen molar-refractivity contribution in [2.45, 2.75) is 70.1 Å². The van der Waals surface area contributed by atoms with E-state index in [1.54, 1.807) is 53.5 Å². The maximum Gasteiger partial charge on any atom is 0.403 e. The van der Waals surface area contributed by atoms with Crippen molar-refractivity contribution < 1.29 is 45.8 Å². The van der Waals surface area contributed by atoms with Gasteiger partial charge in [-0.2, -0.15) is 46.7 Å². The summed E-state index contributed by atoms with van der Waals surface area (Å²) in [5.41, 5.74) is -4.31. The molecule has 1 amide bonds. The van der Waals surface area contributed by atoms with E-state index in [0.29, 0.717) is 21.5 Å². The van der Waals surface area contributed by atoms with Gasteiger partial charge < -0.3 is 14.8 Å². The van der Waals surface area contributed by atoms with Crippen molar-refractivity contribution in [2.75, 3.05) is 13.2 Å². The van der Waals surface area contributed by atoms with Gasteiger partial charge in [-0.05, 0) is 48.1 Å². The summed E-state index contributed by atoms with van der Waals surface area (Å²) < 4.78 is 83.4. The van der Waals surface area contributed by atoms with E-state index in [0.717, 1.165) is 37.9 Å². The number of nitrogens with one attached hydrogen (secondary N) is 1. The van der Waals surface area contributed by atoms with E-state index in [2.05, 4.69) is 30.6 Å². The van der Waals surface area contributed by atoms with Crippen LogP contribution < -0.4 is 5.32 Å². The Hall–Kier alpha value is -5.95. The van der Waals surface area contributed by atoms with Gasteiger partial charge >= 0.3 is 24.1 Å². The van der Waals surface area contributed by atoms with Crippen LogP contribution in [-0.4, -0.2) is 77.3 Å². The molecule has 61 heavy (non-hydrogen) atoms. The third kappa shape index (κ3) is 9.22. The van der Waals surface area contributed by atoms with Crippen LogP contribution in [0.15, 0.2) is 90.3 Å². The number of halogens is 7. The first-order valence-corrected chi connectivity index (χ1v) is 19.5. The van der Waals surface area contributed by atoms with Gasteiger partial charge in [-0.3, -0.25) is 14.5 Å². The van der Waals surface area contributed by atoms with Gasteiger partial charge in [-0.15, -0.1) is 0 Å². The van der Waals surface area contributed by atoms with E-state index < -0.39 is 72.6 Å². The number of hydrogen-bond donors (Lipinski definition) is 1. The number of hydrogen-bond acceptors (Lipinski definition) is 10. The highest BCUT2D eigenvalue weighted by Gasteiger charge is 2.60. The minimum absolute atomic E-state index is 0.0637. The first kappa shape index (κ1) is 43.1. The lowest BCUT2D eigenvalue weighted by atomic mass is 9.74. The average Bonchev–Trinajstić information content (AvgIpc) is 3.61. The average molecular weight is 889 g/mol. The van der Waals surface area contributed by atoms with Crippen molar-refractivity contribution in [1.82, 2.24) is 40.0 Å². The maximum absolute atomic E-state index is 15.4. The summed E-state index contributed by atoms with van der Waals surface area (Å²) in [6.45, 7) is -2.85. The standard InChI is InChI=1S/C40H36Cl2F5N9O5/c1-38(2,40(45,46)47)21-39(26-11-8-24(9-12-26)30-17-50-56(53-30)27-13-14-27)34(58)54(37(52-39)48-18-32(57)60-19-23-6-4-3-5-7-23)31(20-61-35(42)59)25-10-15-29(41)28(16-25)33-49-22-51-55(33)36(43)44/h3-12,15-17,22,27,31,36H,13-14,18-21H2,1-2H3,(H,48,52)/t31-,39-/m1/s1. The number of alkyl halides is 5. The van der Waals surface area contributed by atoms with Crippen molar-refractivity contribution in [3.8, 4) is 22.6 Å². The molecule has 0 spiro atoms. The molecule has 1 N–H and O–H groups in total. The molecule has 2 aliphatic rings. The van der Waals surface area contributed by atoms with Crippen LogP contribution in [0, 0.1) is 5.41 Å². The van der Waals surface area contributed by atoms with Gasteiger partial charge in [0.25, 0.3) is 5.91 Å². The first-order chi connectivity index (χ1) is 29.0. The fourth-order valence-corrected chi connectivity index (χ4v) is 7.17. The number of benzene rings is 3. The maximum atomic E-state index is 15.4. The number of esters is 1. The largest absolute Gasteiger partial charge is 0.459 e. The van der Waals surface area contributed by atoms with Crippen LogP contribution in [0.1, 0.15) is 68.4 Å². The van der Waals surface area contributed by atoms with Crippen LogP contribution >= 0.6 is 23.2 Å². The quantitative estimate of drug-likeness (QED) is 0.0615. The smallest absolute Gasteiger partial charge is 0.403 e. The Kier molecular flexibility index (Phi) is 12.2. The molecule has 3 heterocycles. The second kappa shape index (κ2) is 17.2. The van der Waals surface area contributed by atoms with Crippen LogP contribution in [0.5, 0.6) is 0 Å². The molecule has 1 saturated carbocycles. The molecule has 0 bridgehead atoms. The summed E-state index contributed by atoms with van der Waals surface area (Å²) in [7, 11) is 0. The number of rotatable bonds is 15. The van der Waals surface area contributed by atoms with Crippen molar-refractivity contribution in [3.63, 3.8) is 0 Å². The number of nitrogens with zero attached hydrogens (tertiary/aromatic N) is 8. The highest BCUT2D eigenvalue weighted by atomic mass is 35.5. The molecule has 3 aromatic carbocycles. The van der Waals surface area contributed by atoms with Crippen molar-refractivity contribution in [1.29, 1.82) is 0 Å². The van der Waals surface area contributed by atoms with Crippen LogP contribution in [0.4, 0.5) is 26.7 Å². The third-order valence-corrected chi connectivity index (χ3v) is 10.7. The fourth-order valence-electron chi connectivity index (χ4n) is 6.90. The van der Waals surface area contributed by atoms with E-state index in [9.17, 15) is 31.5 Å². The second-order valence-corrected chi connectivity index (χ2v) is 15.7. The topological polar surface area (TPSA) is 159 Å². The molecule has 2 atom stereocenters. The summed E-state index contributed by atoms with van der Waals surface area (Å²) in [6, 6.07) is 17.5. The number of carbonyl (C=O) groups is 3. The monoisotopic (exact) mass is 887 g/mol. The van der Waals surface area contributed by atoms with Crippen molar-refractivity contribution in [3.05, 3.63) is 107 Å². The van der Waals surface area contributed by atoms with E-state index in [4.69, 9.17) is 32.7 Å². The normalized spacial score (nSPS) is 18.1. The molecule has 0 unspecified atom stereocenters. The predicted octanol–water partition coefficient (Wildman–Crippen LogP) is 8.41. The Morgan fingerprint density at radius 2 is 1.74 bits per heavy atom. The Labute approximate surface area is 354 Å². The molecule has 1 aliphatic heterocycles. The summed E-state index contributed by atoms with van der Waals surface area (Å²) in [5.74, 6) is -2.63. The van der Waals surface area contributed by atoms with Crippen LogP contribution in [0.25, 0.3) is 22.6 Å². The number of aromatic nitrogens is 6. The second-order valence-electron chi connectivity index (χ2n) is 15.0. The highest BCUT2D eigenvalue weighted by molar-refractivity contribution is 6.61. The predicted molar refractivity (Wildman–Crippen MR) is 210 cm³/mol. The molecule has 2 aromatic heterocycles. The summed E-state index contributed by atoms with van der Waals surface area (Å²) in [6.07, 6.45) is -1.44. The van der Waals surface area contributed by atoms with Gasteiger partial charge in [0.2, 0.25) is 5.96 Å². The number of ether oxygens (including phenoxy) is 2. The van der Waals surface area contributed by atoms with Gasteiger partial charge in [-0.25, -0.2) is 14.8 Å². The molecular weight excluding hydrogens is 852 g/mol. The van der Waals surface area contributed by atoms with Gasteiger partial charge in [0.15, 0.2) is 5.82 Å².